The van der Waals surface area contributed by atoms with Gasteiger partial charge in [-0.15, -0.1) is 0 Å². The summed E-state index contributed by atoms with van der Waals surface area (Å²) in [6.07, 6.45) is 2.92. The number of anilines is 1. The third-order valence-corrected chi connectivity index (χ3v) is 4.64. The second-order valence-corrected chi connectivity index (χ2v) is 6.55. The quantitative estimate of drug-likeness (QED) is 0.566. The summed E-state index contributed by atoms with van der Waals surface area (Å²) >= 11 is 0. The SMILES string of the molecule is O=S(=O)(Nc1ccc(-n2cccn2)c(F)c1)c1ccc(F)c(F)c1F. The second kappa shape index (κ2) is 6.20. The lowest BCUT2D eigenvalue weighted by Gasteiger charge is -2.11. The van der Waals surface area contributed by atoms with Crippen LogP contribution in [0.25, 0.3) is 5.69 Å². The van der Waals surface area contributed by atoms with E-state index in [0.717, 1.165) is 6.07 Å². The fraction of sp³-hybridized carbons (Fsp3) is 0. The second-order valence-electron chi connectivity index (χ2n) is 4.90. The van der Waals surface area contributed by atoms with Gasteiger partial charge in [0.25, 0.3) is 10.0 Å². The van der Waals surface area contributed by atoms with Crippen LogP contribution in [0.4, 0.5) is 23.2 Å². The van der Waals surface area contributed by atoms with Gasteiger partial charge in [-0.2, -0.15) is 5.10 Å². The Morgan fingerprint density at radius 3 is 2.36 bits per heavy atom. The minimum atomic E-state index is -4.59. The Balaban J connectivity index is 1.94. The lowest BCUT2D eigenvalue weighted by atomic mass is 10.3. The lowest BCUT2D eigenvalue weighted by molar-refractivity contribution is 0.432. The summed E-state index contributed by atoms with van der Waals surface area (Å²) < 4.78 is 81.3. The third kappa shape index (κ3) is 3.20. The van der Waals surface area contributed by atoms with Crippen molar-refractivity contribution < 1.29 is 26.0 Å². The van der Waals surface area contributed by atoms with Crippen LogP contribution in [-0.4, -0.2) is 18.2 Å². The zero-order valence-corrected chi connectivity index (χ0v) is 13.1. The molecule has 0 saturated carbocycles. The highest BCUT2D eigenvalue weighted by atomic mass is 32.2. The first-order valence-corrected chi connectivity index (χ1v) is 8.24. The van der Waals surface area contributed by atoms with Crippen LogP contribution in [0.5, 0.6) is 0 Å². The van der Waals surface area contributed by atoms with Gasteiger partial charge in [-0.3, -0.25) is 4.72 Å². The Morgan fingerprint density at radius 2 is 1.72 bits per heavy atom. The third-order valence-electron chi connectivity index (χ3n) is 3.24. The van der Waals surface area contributed by atoms with Gasteiger partial charge < -0.3 is 0 Å². The van der Waals surface area contributed by atoms with Gasteiger partial charge >= 0.3 is 0 Å². The van der Waals surface area contributed by atoms with Crippen LogP contribution in [0.1, 0.15) is 0 Å². The van der Waals surface area contributed by atoms with Crippen molar-refractivity contribution in [3.05, 3.63) is 72.1 Å². The molecule has 0 spiro atoms. The van der Waals surface area contributed by atoms with Gasteiger partial charge in [0.15, 0.2) is 23.3 Å². The number of aromatic nitrogens is 2. The van der Waals surface area contributed by atoms with E-state index in [2.05, 4.69) is 5.10 Å². The molecule has 25 heavy (non-hydrogen) atoms. The molecule has 0 aliphatic heterocycles. The smallest absolute Gasteiger partial charge is 0.264 e. The molecule has 3 aromatic rings. The van der Waals surface area contributed by atoms with Crippen molar-refractivity contribution in [2.24, 2.45) is 0 Å². The fourth-order valence-corrected chi connectivity index (χ4v) is 3.21. The molecule has 0 atom stereocenters. The number of halogens is 4. The van der Waals surface area contributed by atoms with Crippen LogP contribution in [0.3, 0.4) is 0 Å². The number of hydrogen-bond acceptors (Lipinski definition) is 3. The molecule has 1 heterocycles. The largest absolute Gasteiger partial charge is 0.279 e. The van der Waals surface area contributed by atoms with Crippen molar-refractivity contribution in [1.82, 2.24) is 9.78 Å². The maximum Gasteiger partial charge on any atom is 0.264 e. The first-order chi connectivity index (χ1) is 11.8. The minimum absolute atomic E-state index is 0.0620. The normalized spacial score (nSPS) is 11.5. The van der Waals surface area contributed by atoms with Crippen molar-refractivity contribution in [2.45, 2.75) is 4.90 Å². The van der Waals surface area contributed by atoms with Gasteiger partial charge in [0, 0.05) is 18.5 Å². The Morgan fingerprint density at radius 1 is 0.960 bits per heavy atom. The topological polar surface area (TPSA) is 64.0 Å². The summed E-state index contributed by atoms with van der Waals surface area (Å²) in [5.74, 6) is -6.09. The van der Waals surface area contributed by atoms with E-state index in [1.165, 1.54) is 29.2 Å². The maximum absolute atomic E-state index is 14.1. The summed E-state index contributed by atoms with van der Waals surface area (Å²) in [5, 5.41) is 3.84. The molecule has 2 aromatic carbocycles. The number of rotatable bonds is 4. The van der Waals surface area contributed by atoms with Crippen molar-refractivity contribution >= 4 is 15.7 Å². The van der Waals surface area contributed by atoms with Crippen molar-refractivity contribution in [1.29, 1.82) is 0 Å². The Kier molecular flexibility index (Phi) is 4.21. The van der Waals surface area contributed by atoms with E-state index in [4.69, 9.17) is 0 Å². The monoisotopic (exact) mass is 371 g/mol. The summed E-state index contributed by atoms with van der Waals surface area (Å²) in [6.45, 7) is 0. The fourth-order valence-electron chi connectivity index (χ4n) is 2.09. The average molecular weight is 371 g/mol. The zero-order valence-electron chi connectivity index (χ0n) is 12.2. The Labute approximate surface area is 139 Å². The van der Waals surface area contributed by atoms with E-state index in [1.54, 1.807) is 6.07 Å². The first-order valence-electron chi connectivity index (χ1n) is 6.75. The van der Waals surface area contributed by atoms with Crippen LogP contribution in [0.2, 0.25) is 0 Å². The molecule has 1 aromatic heterocycles. The summed E-state index contributed by atoms with van der Waals surface area (Å²) in [4.78, 5) is -1.09. The van der Waals surface area contributed by atoms with Gasteiger partial charge in [-0.1, -0.05) is 0 Å². The molecule has 0 aliphatic carbocycles. The summed E-state index contributed by atoms with van der Waals surface area (Å²) in [6, 6.07) is 5.95. The van der Waals surface area contributed by atoms with Crippen molar-refractivity contribution in [2.75, 3.05) is 4.72 Å². The molecular weight excluding hydrogens is 362 g/mol. The Bertz CT molecular complexity index is 1040. The van der Waals surface area contributed by atoms with E-state index in [0.29, 0.717) is 12.1 Å². The standard InChI is InChI=1S/C15H9F4N3O2S/c16-10-3-5-13(15(19)14(10)18)25(23,24)21-9-2-4-12(11(17)8-9)22-7-1-6-20-22/h1-8,21H. The van der Waals surface area contributed by atoms with Crippen LogP contribution < -0.4 is 4.72 Å². The average Bonchev–Trinajstić information content (AvgIpc) is 3.06. The van der Waals surface area contributed by atoms with E-state index >= 15 is 0 Å². The molecule has 0 bridgehead atoms. The first kappa shape index (κ1) is 17.0. The molecule has 3 rings (SSSR count). The minimum Gasteiger partial charge on any atom is -0.279 e. The molecule has 0 radical (unpaired) electrons. The molecule has 0 aliphatic rings. The van der Waals surface area contributed by atoms with Crippen LogP contribution in [-0.2, 0) is 10.0 Å². The highest BCUT2D eigenvalue weighted by molar-refractivity contribution is 7.92. The van der Waals surface area contributed by atoms with Crippen molar-refractivity contribution in [3.8, 4) is 5.69 Å². The van der Waals surface area contributed by atoms with Crippen molar-refractivity contribution in [3.63, 3.8) is 0 Å². The summed E-state index contributed by atoms with van der Waals surface area (Å²) in [5.41, 5.74) is -0.163. The number of nitrogens with zero attached hydrogens (tertiary/aromatic N) is 2. The van der Waals surface area contributed by atoms with Gasteiger partial charge in [-0.25, -0.2) is 30.7 Å². The molecule has 130 valence electrons. The molecule has 10 heteroatoms. The molecule has 0 unspecified atom stereocenters. The molecular formula is C15H9F4N3O2S. The predicted octanol–water partition coefficient (Wildman–Crippen LogP) is 3.23. The van der Waals surface area contributed by atoms with Crippen LogP contribution in [0.15, 0.2) is 53.7 Å². The highest BCUT2D eigenvalue weighted by Gasteiger charge is 2.24. The van der Waals surface area contributed by atoms with Gasteiger partial charge in [0.05, 0.1) is 5.69 Å². The predicted molar refractivity (Wildman–Crippen MR) is 80.6 cm³/mol. The number of hydrogen-bond donors (Lipinski definition) is 1. The molecule has 0 amide bonds. The molecule has 5 nitrogen and oxygen atoms in total. The zero-order chi connectivity index (χ0) is 18.2. The van der Waals surface area contributed by atoms with Gasteiger partial charge in [0.1, 0.15) is 10.6 Å². The van der Waals surface area contributed by atoms with Crippen LogP contribution in [0, 0.1) is 23.3 Å². The number of sulfonamides is 1. The molecule has 0 saturated heterocycles. The lowest BCUT2D eigenvalue weighted by Crippen LogP contribution is -2.16. The number of benzene rings is 2. The van der Waals surface area contributed by atoms with Gasteiger partial charge in [0.2, 0.25) is 0 Å². The van der Waals surface area contributed by atoms with E-state index in [1.807, 2.05) is 4.72 Å². The van der Waals surface area contributed by atoms with Gasteiger partial charge in [-0.05, 0) is 30.3 Å². The molecule has 0 fully saturated rings. The summed E-state index contributed by atoms with van der Waals surface area (Å²) in [7, 11) is -4.59. The number of nitrogens with one attached hydrogen (secondary N) is 1. The van der Waals surface area contributed by atoms with E-state index in [9.17, 15) is 26.0 Å². The highest BCUT2D eigenvalue weighted by Crippen LogP contribution is 2.24. The maximum atomic E-state index is 14.1. The van der Waals surface area contributed by atoms with Crippen LogP contribution >= 0.6 is 0 Å². The van der Waals surface area contributed by atoms with E-state index < -0.39 is 38.2 Å². The Hall–Kier alpha value is -2.88. The van der Waals surface area contributed by atoms with E-state index in [-0.39, 0.29) is 11.4 Å². The molecule has 1 N–H and O–H groups in total.